The normalized spacial score (nSPS) is 11.6. The molecule has 0 spiro atoms. The van der Waals surface area contributed by atoms with Crippen molar-refractivity contribution in [2.24, 2.45) is 5.73 Å². The fourth-order valence-electron chi connectivity index (χ4n) is 1.39. The van der Waals surface area contributed by atoms with Crippen LogP contribution in [-0.2, 0) is 4.74 Å². The zero-order chi connectivity index (χ0) is 14.5. The van der Waals surface area contributed by atoms with Crippen molar-refractivity contribution < 1.29 is 9.53 Å². The number of nitrogens with two attached hydrogens (primary N) is 1. The van der Waals surface area contributed by atoms with E-state index in [1.54, 1.807) is 0 Å². The van der Waals surface area contributed by atoms with E-state index >= 15 is 0 Å². The summed E-state index contributed by atoms with van der Waals surface area (Å²) in [6.07, 6.45) is 3.20. The zero-order valence-corrected chi connectivity index (χ0v) is 13.0. The summed E-state index contributed by atoms with van der Waals surface area (Å²) in [4.78, 5) is 11.8. The van der Waals surface area contributed by atoms with Crippen molar-refractivity contribution in [1.29, 1.82) is 0 Å². The fraction of sp³-hybridized carbons (Fsp3) is 0.357. The molecule has 0 aliphatic heterocycles. The third kappa shape index (κ3) is 5.89. The number of hydrogen-bond donors (Lipinski definition) is 2. The monoisotopic (exact) mass is 326 g/mol. The first kappa shape index (κ1) is 15.7. The summed E-state index contributed by atoms with van der Waals surface area (Å²) in [6, 6.07) is 5.61. The van der Waals surface area contributed by atoms with Crippen LogP contribution < -0.4 is 11.1 Å². The van der Waals surface area contributed by atoms with Crippen LogP contribution >= 0.6 is 15.9 Å². The van der Waals surface area contributed by atoms with Crippen LogP contribution in [-0.4, -0.2) is 18.2 Å². The number of amides is 1. The van der Waals surface area contributed by atoms with Crippen molar-refractivity contribution in [3.8, 4) is 0 Å². The third-order valence-corrected chi connectivity index (χ3v) is 2.58. The molecule has 0 saturated heterocycles. The Bertz CT molecular complexity index is 479. The van der Waals surface area contributed by atoms with Crippen LogP contribution in [0.1, 0.15) is 26.3 Å². The Hall–Kier alpha value is -1.33. The maximum absolute atomic E-state index is 11.8. The van der Waals surface area contributed by atoms with Crippen molar-refractivity contribution in [3.05, 3.63) is 34.3 Å². The largest absolute Gasteiger partial charge is 0.444 e. The molecular weight excluding hydrogens is 308 g/mol. The van der Waals surface area contributed by atoms with Gasteiger partial charge < -0.3 is 10.5 Å². The summed E-state index contributed by atoms with van der Waals surface area (Å²) in [5, 5.41) is 2.73. The van der Waals surface area contributed by atoms with Crippen LogP contribution in [0.25, 0.3) is 6.08 Å². The summed E-state index contributed by atoms with van der Waals surface area (Å²) in [5.41, 5.74) is 6.46. The van der Waals surface area contributed by atoms with Gasteiger partial charge in [0.25, 0.3) is 0 Å². The molecule has 3 N–H and O–H groups in total. The summed E-state index contributed by atoms with van der Waals surface area (Å²) >= 11 is 3.37. The standard InChI is InChI=1S/C14H19BrN2O2/c1-14(2,3)19-13(18)17-12-9-11(15)7-6-10(12)5-4-8-16/h4-7,9H,8,16H2,1-3H3,(H,17,18)/b5-4+. The smallest absolute Gasteiger partial charge is 0.412 e. The molecular formula is C14H19BrN2O2. The van der Waals surface area contributed by atoms with Gasteiger partial charge >= 0.3 is 6.09 Å². The second kappa shape index (κ2) is 6.73. The Kier molecular flexibility index (Phi) is 5.57. The van der Waals surface area contributed by atoms with Crippen LogP contribution in [0.15, 0.2) is 28.7 Å². The average Bonchev–Trinajstić information content (AvgIpc) is 2.25. The van der Waals surface area contributed by atoms with Gasteiger partial charge in [0.2, 0.25) is 0 Å². The highest BCUT2D eigenvalue weighted by Crippen LogP contribution is 2.23. The number of hydrogen-bond acceptors (Lipinski definition) is 3. The third-order valence-electron chi connectivity index (χ3n) is 2.08. The molecule has 0 atom stereocenters. The maximum Gasteiger partial charge on any atom is 0.412 e. The van der Waals surface area contributed by atoms with Crippen molar-refractivity contribution in [2.45, 2.75) is 26.4 Å². The molecule has 1 aromatic rings. The summed E-state index contributed by atoms with van der Waals surface area (Å²) in [5.74, 6) is 0. The van der Waals surface area contributed by atoms with E-state index in [4.69, 9.17) is 10.5 Å². The molecule has 5 heteroatoms. The molecule has 104 valence electrons. The average molecular weight is 327 g/mol. The number of halogens is 1. The number of rotatable bonds is 3. The summed E-state index contributed by atoms with van der Waals surface area (Å²) in [7, 11) is 0. The van der Waals surface area contributed by atoms with Gasteiger partial charge in [-0.25, -0.2) is 4.79 Å². The van der Waals surface area contributed by atoms with Gasteiger partial charge in [0, 0.05) is 11.0 Å². The predicted molar refractivity (Wildman–Crippen MR) is 82.1 cm³/mol. The predicted octanol–water partition coefficient (Wildman–Crippen LogP) is 3.77. The van der Waals surface area contributed by atoms with E-state index in [9.17, 15) is 4.79 Å². The molecule has 0 unspecified atom stereocenters. The minimum atomic E-state index is -0.524. The Morgan fingerprint density at radius 2 is 2.16 bits per heavy atom. The molecule has 0 radical (unpaired) electrons. The van der Waals surface area contributed by atoms with Gasteiger partial charge in [0.15, 0.2) is 0 Å². The highest BCUT2D eigenvalue weighted by molar-refractivity contribution is 9.10. The second-order valence-corrected chi connectivity index (χ2v) is 5.91. The lowest BCUT2D eigenvalue weighted by Gasteiger charge is -2.20. The van der Waals surface area contributed by atoms with E-state index < -0.39 is 11.7 Å². The van der Waals surface area contributed by atoms with E-state index in [0.717, 1.165) is 10.0 Å². The molecule has 0 aromatic heterocycles. The number of carbonyl (C=O) groups excluding carboxylic acids is 1. The first-order valence-electron chi connectivity index (χ1n) is 5.98. The number of nitrogens with one attached hydrogen (secondary N) is 1. The molecule has 0 bridgehead atoms. The molecule has 1 amide bonds. The van der Waals surface area contributed by atoms with Crippen molar-refractivity contribution >= 4 is 33.8 Å². The van der Waals surface area contributed by atoms with Gasteiger partial charge in [-0.1, -0.05) is 34.1 Å². The lowest BCUT2D eigenvalue weighted by Crippen LogP contribution is -2.27. The van der Waals surface area contributed by atoms with E-state index in [-0.39, 0.29) is 0 Å². The van der Waals surface area contributed by atoms with Crippen LogP contribution in [0.2, 0.25) is 0 Å². The van der Waals surface area contributed by atoms with Gasteiger partial charge in [-0.15, -0.1) is 0 Å². The highest BCUT2D eigenvalue weighted by Gasteiger charge is 2.16. The van der Waals surface area contributed by atoms with Gasteiger partial charge in [0.05, 0.1) is 5.69 Å². The van der Waals surface area contributed by atoms with Crippen LogP contribution in [0.3, 0.4) is 0 Å². The zero-order valence-electron chi connectivity index (χ0n) is 11.4. The van der Waals surface area contributed by atoms with Gasteiger partial charge in [-0.05, 0) is 38.5 Å². The lowest BCUT2D eigenvalue weighted by molar-refractivity contribution is 0.0636. The Labute approximate surface area is 122 Å². The Balaban J connectivity index is 2.89. The van der Waals surface area contributed by atoms with Gasteiger partial charge in [-0.3, -0.25) is 5.32 Å². The van der Waals surface area contributed by atoms with E-state index in [0.29, 0.717) is 12.2 Å². The van der Waals surface area contributed by atoms with Crippen molar-refractivity contribution in [2.75, 3.05) is 11.9 Å². The maximum atomic E-state index is 11.8. The van der Waals surface area contributed by atoms with Crippen molar-refractivity contribution in [1.82, 2.24) is 0 Å². The molecule has 1 rings (SSSR count). The number of ether oxygens (including phenoxy) is 1. The molecule has 0 aliphatic carbocycles. The number of anilines is 1. The van der Waals surface area contributed by atoms with Gasteiger partial charge in [0.1, 0.15) is 5.60 Å². The molecule has 0 saturated carbocycles. The first-order valence-corrected chi connectivity index (χ1v) is 6.77. The minimum Gasteiger partial charge on any atom is -0.444 e. The van der Waals surface area contributed by atoms with E-state index in [2.05, 4.69) is 21.2 Å². The molecule has 19 heavy (non-hydrogen) atoms. The minimum absolute atomic E-state index is 0.446. The van der Waals surface area contributed by atoms with E-state index in [1.807, 2.05) is 51.1 Å². The molecule has 0 fully saturated rings. The van der Waals surface area contributed by atoms with Crippen molar-refractivity contribution in [3.63, 3.8) is 0 Å². The summed E-state index contributed by atoms with van der Waals surface area (Å²) < 4.78 is 6.11. The van der Waals surface area contributed by atoms with E-state index in [1.165, 1.54) is 0 Å². The first-order chi connectivity index (χ1) is 8.81. The second-order valence-electron chi connectivity index (χ2n) is 5.00. The SMILES string of the molecule is CC(C)(C)OC(=O)Nc1cc(Br)ccc1/C=C/CN. The van der Waals surface area contributed by atoms with Gasteiger partial charge in [-0.2, -0.15) is 0 Å². The quantitative estimate of drug-likeness (QED) is 0.888. The Morgan fingerprint density at radius 1 is 1.47 bits per heavy atom. The molecule has 1 aromatic carbocycles. The molecule has 4 nitrogen and oxygen atoms in total. The van der Waals surface area contributed by atoms with Crippen LogP contribution in [0, 0.1) is 0 Å². The number of carbonyl (C=O) groups is 1. The highest BCUT2D eigenvalue weighted by atomic mass is 79.9. The molecule has 0 heterocycles. The lowest BCUT2D eigenvalue weighted by atomic mass is 10.1. The fourth-order valence-corrected chi connectivity index (χ4v) is 1.75. The summed E-state index contributed by atoms with van der Waals surface area (Å²) in [6.45, 7) is 5.91. The number of benzene rings is 1. The topological polar surface area (TPSA) is 64.3 Å². The Morgan fingerprint density at radius 3 is 2.74 bits per heavy atom. The molecule has 0 aliphatic rings. The van der Waals surface area contributed by atoms with Crippen LogP contribution in [0.4, 0.5) is 10.5 Å². The van der Waals surface area contributed by atoms with Crippen LogP contribution in [0.5, 0.6) is 0 Å².